The molecular weight excluding hydrogens is 452 g/mol. The lowest BCUT2D eigenvalue weighted by molar-refractivity contribution is 0.268. The average molecular weight is 489 g/mol. The molecule has 0 aliphatic carbocycles. The van der Waals surface area contributed by atoms with Gasteiger partial charge in [-0.1, -0.05) is 59.6 Å². The molecule has 36 heavy (non-hydrogen) atoms. The van der Waals surface area contributed by atoms with Crippen LogP contribution in [0.5, 0.6) is 0 Å². The average Bonchev–Trinajstić information content (AvgIpc) is 3.27. The van der Waals surface area contributed by atoms with Crippen LogP contribution in [-0.4, -0.2) is 9.13 Å². The first-order valence-corrected chi connectivity index (χ1v) is 13.1. The summed E-state index contributed by atoms with van der Waals surface area (Å²) in [6.07, 6.45) is 5.26. The molecule has 2 unspecified atom stereocenters. The van der Waals surface area contributed by atoms with E-state index >= 15 is 0 Å². The highest BCUT2D eigenvalue weighted by Crippen LogP contribution is 2.33. The maximum atomic E-state index is 13.4. The Morgan fingerprint density at radius 3 is 1.53 bits per heavy atom. The fourth-order valence-electron chi connectivity index (χ4n) is 5.77. The summed E-state index contributed by atoms with van der Waals surface area (Å²) in [5.41, 5.74) is -0.645. The zero-order valence-corrected chi connectivity index (χ0v) is 22.2. The Bertz CT molecular complexity index is 1550. The van der Waals surface area contributed by atoms with Gasteiger partial charge in [-0.05, 0) is 67.9 Å². The molecule has 0 saturated carbocycles. The zero-order valence-electron chi connectivity index (χ0n) is 22.2. The molecule has 0 N–H and O–H groups in total. The predicted octanol–water partition coefficient (Wildman–Crippen LogP) is 5.29. The molecule has 0 bridgehead atoms. The molecule has 0 radical (unpaired) electrons. The number of hydrogen-bond donors (Lipinski definition) is 0. The molecule has 0 spiro atoms. The highest BCUT2D eigenvalue weighted by atomic mass is 16.2. The summed E-state index contributed by atoms with van der Waals surface area (Å²) in [7, 11) is 0. The molecular formula is C30H36N2O4. The van der Waals surface area contributed by atoms with E-state index in [0.29, 0.717) is 18.5 Å². The van der Waals surface area contributed by atoms with Crippen LogP contribution in [0.15, 0.2) is 55.6 Å². The lowest BCUT2D eigenvalue weighted by Crippen LogP contribution is -2.42. The number of rotatable bonds is 9. The maximum absolute atomic E-state index is 13.4. The maximum Gasteiger partial charge on any atom is 0.266 e. The van der Waals surface area contributed by atoms with Crippen LogP contribution in [-0.2, 0) is 11.0 Å². The minimum absolute atomic E-state index is 0.0352. The summed E-state index contributed by atoms with van der Waals surface area (Å²) in [5.74, 6) is 0. The first-order chi connectivity index (χ1) is 17.1. The third-order valence-corrected chi connectivity index (χ3v) is 8.39. The van der Waals surface area contributed by atoms with Crippen LogP contribution in [0.2, 0.25) is 0 Å². The molecule has 4 rings (SSSR count). The first kappa shape index (κ1) is 25.8. The lowest BCUT2D eigenvalue weighted by atomic mass is 9.76. The van der Waals surface area contributed by atoms with E-state index in [0.717, 1.165) is 30.3 Å². The summed E-state index contributed by atoms with van der Waals surface area (Å²) in [6, 6.07) is 10.5. The van der Waals surface area contributed by atoms with Crippen LogP contribution in [0.4, 0.5) is 0 Å². The topological polar surface area (TPSA) is 78.1 Å². The van der Waals surface area contributed by atoms with Gasteiger partial charge in [-0.2, -0.15) is 0 Å². The summed E-state index contributed by atoms with van der Waals surface area (Å²) in [5, 5.41) is 0.741. The van der Waals surface area contributed by atoms with Gasteiger partial charge >= 0.3 is 0 Å². The Hall–Kier alpha value is -3.28. The Balaban J connectivity index is 1.91. The van der Waals surface area contributed by atoms with Crippen LogP contribution in [0.25, 0.3) is 27.2 Å². The van der Waals surface area contributed by atoms with Gasteiger partial charge in [-0.3, -0.25) is 23.7 Å². The molecule has 6 heteroatoms. The van der Waals surface area contributed by atoms with Crippen molar-refractivity contribution in [3.8, 4) is 5.69 Å². The highest BCUT2D eigenvalue weighted by Gasteiger charge is 2.30. The van der Waals surface area contributed by atoms with Gasteiger partial charge in [-0.15, -0.1) is 0 Å². The van der Waals surface area contributed by atoms with Gasteiger partial charge in [0, 0.05) is 5.54 Å². The highest BCUT2D eigenvalue weighted by molar-refractivity contribution is 5.98. The molecule has 0 amide bonds. The molecule has 2 aromatic heterocycles. The van der Waals surface area contributed by atoms with Crippen molar-refractivity contribution in [2.75, 3.05) is 0 Å². The summed E-state index contributed by atoms with van der Waals surface area (Å²) >= 11 is 0. The number of nitrogens with zero attached hydrogens (tertiary/aromatic N) is 2. The Morgan fingerprint density at radius 2 is 1.11 bits per heavy atom. The largest absolute Gasteiger partial charge is 0.269 e. The predicted molar refractivity (Wildman–Crippen MR) is 148 cm³/mol. The van der Waals surface area contributed by atoms with Gasteiger partial charge in [0.15, 0.2) is 0 Å². The molecule has 0 aliphatic heterocycles. The van der Waals surface area contributed by atoms with E-state index in [2.05, 4.69) is 20.8 Å². The first-order valence-electron chi connectivity index (χ1n) is 13.1. The summed E-state index contributed by atoms with van der Waals surface area (Å²) in [4.78, 5) is 53.4. The van der Waals surface area contributed by atoms with Crippen LogP contribution in [0.3, 0.4) is 0 Å². The molecule has 2 aromatic carbocycles. The van der Waals surface area contributed by atoms with Crippen molar-refractivity contribution in [1.29, 1.82) is 0 Å². The fraction of sp³-hybridized carbons (Fsp3) is 0.467. The second kappa shape index (κ2) is 9.30. The van der Waals surface area contributed by atoms with E-state index in [4.69, 9.17) is 0 Å². The van der Waals surface area contributed by atoms with E-state index in [9.17, 15) is 19.2 Å². The molecule has 2 atom stereocenters. The lowest BCUT2D eigenvalue weighted by Gasteiger charge is -2.28. The van der Waals surface area contributed by atoms with E-state index in [1.165, 1.54) is 22.3 Å². The van der Waals surface area contributed by atoms with Crippen molar-refractivity contribution >= 4 is 21.5 Å². The Labute approximate surface area is 210 Å². The number of hydrogen-bond acceptors (Lipinski definition) is 4. The summed E-state index contributed by atoms with van der Waals surface area (Å²) in [6.45, 7) is 12.5. The third kappa shape index (κ3) is 3.78. The number of aromatic nitrogens is 2. The van der Waals surface area contributed by atoms with Crippen molar-refractivity contribution < 1.29 is 0 Å². The quantitative estimate of drug-likeness (QED) is 0.320. The monoisotopic (exact) mass is 488 g/mol. The van der Waals surface area contributed by atoms with Crippen LogP contribution >= 0.6 is 0 Å². The second-order valence-corrected chi connectivity index (χ2v) is 10.6. The molecule has 6 nitrogen and oxygen atoms in total. The molecule has 0 aliphatic rings. The zero-order chi connectivity index (χ0) is 26.4. The van der Waals surface area contributed by atoms with Crippen LogP contribution < -0.4 is 22.2 Å². The number of benzene rings is 2. The third-order valence-electron chi connectivity index (χ3n) is 8.39. The van der Waals surface area contributed by atoms with Gasteiger partial charge in [0.2, 0.25) is 0 Å². The smallest absolute Gasteiger partial charge is 0.266 e. The van der Waals surface area contributed by atoms with E-state index in [1.807, 2.05) is 45.0 Å². The van der Waals surface area contributed by atoms with E-state index in [1.54, 1.807) is 0 Å². The number of fused-ring (bicyclic) bond motifs is 2. The van der Waals surface area contributed by atoms with E-state index < -0.39 is 27.8 Å². The molecule has 0 saturated heterocycles. The van der Waals surface area contributed by atoms with Crippen LogP contribution in [0.1, 0.15) is 85.6 Å². The normalized spacial score (nSPS) is 15.4. The molecule has 4 aromatic rings. The SMILES string of the molecule is CCCC(C)(CC)c1ccc(-n2c(=O)c3cc4c(=O)n(C(C)(CC)CCC)c(=O)c4cc3c2=O)cc1. The molecule has 2 heterocycles. The van der Waals surface area contributed by atoms with Gasteiger partial charge < -0.3 is 0 Å². The van der Waals surface area contributed by atoms with Gasteiger partial charge in [0.05, 0.1) is 27.2 Å². The fourth-order valence-corrected chi connectivity index (χ4v) is 5.77. The van der Waals surface area contributed by atoms with Crippen LogP contribution in [0, 0.1) is 0 Å². The van der Waals surface area contributed by atoms with Crippen molar-refractivity contribution in [1.82, 2.24) is 9.13 Å². The van der Waals surface area contributed by atoms with Gasteiger partial charge in [-0.25, -0.2) is 4.57 Å². The minimum atomic E-state index is -0.612. The minimum Gasteiger partial charge on any atom is -0.269 e. The van der Waals surface area contributed by atoms with Crippen molar-refractivity contribution in [3.63, 3.8) is 0 Å². The van der Waals surface area contributed by atoms with Gasteiger partial charge in [0.1, 0.15) is 0 Å². The Morgan fingerprint density at radius 1 is 0.639 bits per heavy atom. The molecule has 0 fully saturated rings. The second-order valence-electron chi connectivity index (χ2n) is 10.6. The molecule has 190 valence electrons. The van der Waals surface area contributed by atoms with Crippen molar-refractivity contribution in [2.24, 2.45) is 0 Å². The van der Waals surface area contributed by atoms with Crippen molar-refractivity contribution in [2.45, 2.75) is 91.0 Å². The van der Waals surface area contributed by atoms with E-state index in [-0.39, 0.29) is 27.0 Å². The standard InChI is InChI=1S/C30H36N2O4/c1-7-15-29(5,9-3)19-11-13-20(14-12-19)31-25(33)21-17-23-24(18-22(21)26(31)34)28(36)32(27(23)35)30(6,10-4)16-8-2/h11-14,17-18H,7-10,15-16H2,1-6H3. The van der Waals surface area contributed by atoms with Gasteiger partial charge in [0.25, 0.3) is 22.2 Å². The van der Waals surface area contributed by atoms with Crippen molar-refractivity contribution in [3.05, 3.63) is 83.4 Å². The summed E-state index contributed by atoms with van der Waals surface area (Å²) < 4.78 is 2.47. The Kier molecular flexibility index (Phi) is 6.67.